The van der Waals surface area contributed by atoms with Crippen molar-refractivity contribution in [2.75, 3.05) is 19.0 Å². The van der Waals surface area contributed by atoms with Crippen LogP contribution in [0.25, 0.3) is 11.0 Å². The number of hydrogen-bond donors (Lipinski definition) is 3. The highest BCUT2D eigenvalue weighted by atomic mass is 16.5. The van der Waals surface area contributed by atoms with Crippen LogP contribution in [0, 0.1) is 0 Å². The standard InChI is InChI=1S/C14H17N5O/c1-20-11-4-5-12-13(7-11)19-14(18-12)16-6-2-3-10-8-15-9-17-10/h4-5,7-9H,2-3,6H2,1H3,(H,15,17)(H2,16,18,19). The average molecular weight is 271 g/mol. The fourth-order valence-corrected chi connectivity index (χ4v) is 2.11. The van der Waals surface area contributed by atoms with Crippen molar-refractivity contribution in [1.82, 2.24) is 19.9 Å². The smallest absolute Gasteiger partial charge is 0.201 e. The quantitative estimate of drug-likeness (QED) is 0.601. The third kappa shape index (κ3) is 2.74. The number of benzene rings is 1. The van der Waals surface area contributed by atoms with Crippen molar-refractivity contribution >= 4 is 17.0 Å². The number of aryl methyl sites for hydroxylation is 1. The van der Waals surface area contributed by atoms with E-state index in [1.165, 1.54) is 0 Å². The molecule has 2 heterocycles. The second-order valence-corrected chi connectivity index (χ2v) is 4.58. The molecule has 6 nitrogen and oxygen atoms in total. The number of H-pyrrole nitrogens is 2. The third-order valence-corrected chi connectivity index (χ3v) is 3.16. The van der Waals surface area contributed by atoms with Crippen LogP contribution in [0.5, 0.6) is 5.75 Å². The van der Waals surface area contributed by atoms with Crippen molar-refractivity contribution in [3.05, 3.63) is 36.4 Å². The second kappa shape index (κ2) is 5.64. The molecule has 0 aliphatic rings. The van der Waals surface area contributed by atoms with Crippen molar-refractivity contribution in [3.63, 3.8) is 0 Å². The van der Waals surface area contributed by atoms with Gasteiger partial charge in [-0.25, -0.2) is 9.97 Å². The lowest BCUT2D eigenvalue weighted by atomic mass is 10.2. The number of hydrogen-bond acceptors (Lipinski definition) is 4. The molecule has 0 unspecified atom stereocenters. The van der Waals surface area contributed by atoms with Gasteiger partial charge in [-0.1, -0.05) is 0 Å². The van der Waals surface area contributed by atoms with Crippen LogP contribution in [-0.4, -0.2) is 33.6 Å². The summed E-state index contributed by atoms with van der Waals surface area (Å²) in [6, 6.07) is 5.80. The summed E-state index contributed by atoms with van der Waals surface area (Å²) in [6.07, 6.45) is 5.55. The Morgan fingerprint density at radius 1 is 1.35 bits per heavy atom. The molecular formula is C14H17N5O. The first-order chi connectivity index (χ1) is 9.85. The van der Waals surface area contributed by atoms with Gasteiger partial charge in [-0.3, -0.25) is 0 Å². The maximum absolute atomic E-state index is 5.19. The predicted octanol–water partition coefficient (Wildman–Crippen LogP) is 2.34. The molecule has 1 aromatic carbocycles. The number of fused-ring (bicyclic) bond motifs is 1. The van der Waals surface area contributed by atoms with Crippen LogP contribution < -0.4 is 10.1 Å². The molecule has 20 heavy (non-hydrogen) atoms. The average Bonchev–Trinajstić information content (AvgIpc) is 3.11. The van der Waals surface area contributed by atoms with Gasteiger partial charge in [0.15, 0.2) is 0 Å². The van der Waals surface area contributed by atoms with Gasteiger partial charge in [-0.05, 0) is 25.0 Å². The third-order valence-electron chi connectivity index (χ3n) is 3.16. The first kappa shape index (κ1) is 12.5. The molecule has 6 heteroatoms. The molecule has 0 aliphatic heterocycles. The molecule has 0 radical (unpaired) electrons. The van der Waals surface area contributed by atoms with E-state index in [2.05, 4.69) is 25.3 Å². The van der Waals surface area contributed by atoms with Gasteiger partial charge in [0, 0.05) is 24.5 Å². The Morgan fingerprint density at radius 3 is 3.10 bits per heavy atom. The second-order valence-electron chi connectivity index (χ2n) is 4.58. The topological polar surface area (TPSA) is 78.6 Å². The van der Waals surface area contributed by atoms with E-state index in [0.29, 0.717) is 0 Å². The van der Waals surface area contributed by atoms with Crippen molar-refractivity contribution < 1.29 is 4.74 Å². The van der Waals surface area contributed by atoms with Crippen molar-refractivity contribution in [1.29, 1.82) is 0 Å². The molecule has 0 spiro atoms. The minimum absolute atomic E-state index is 0.790. The Hall–Kier alpha value is -2.50. The predicted molar refractivity (Wildman–Crippen MR) is 78.0 cm³/mol. The lowest BCUT2D eigenvalue weighted by Crippen LogP contribution is -2.04. The summed E-state index contributed by atoms with van der Waals surface area (Å²) < 4.78 is 5.19. The van der Waals surface area contributed by atoms with Gasteiger partial charge in [0.2, 0.25) is 5.95 Å². The molecule has 0 atom stereocenters. The number of methoxy groups -OCH3 is 1. The summed E-state index contributed by atoms with van der Waals surface area (Å²) in [7, 11) is 1.66. The lowest BCUT2D eigenvalue weighted by Gasteiger charge is -2.01. The first-order valence-electron chi connectivity index (χ1n) is 6.60. The van der Waals surface area contributed by atoms with Crippen LogP contribution in [0.1, 0.15) is 12.1 Å². The van der Waals surface area contributed by atoms with Crippen molar-refractivity contribution in [3.8, 4) is 5.75 Å². The number of nitrogens with one attached hydrogen (secondary N) is 3. The summed E-state index contributed by atoms with van der Waals surface area (Å²) in [5.41, 5.74) is 3.06. The number of aromatic amines is 2. The van der Waals surface area contributed by atoms with Gasteiger partial charge in [-0.15, -0.1) is 0 Å². The van der Waals surface area contributed by atoms with E-state index in [9.17, 15) is 0 Å². The number of ether oxygens (including phenoxy) is 1. The van der Waals surface area contributed by atoms with Crippen molar-refractivity contribution in [2.45, 2.75) is 12.8 Å². The largest absolute Gasteiger partial charge is 0.497 e. The fraction of sp³-hybridized carbons (Fsp3) is 0.286. The van der Waals surface area contributed by atoms with Crippen LogP contribution in [0.2, 0.25) is 0 Å². The van der Waals surface area contributed by atoms with Crippen LogP contribution in [-0.2, 0) is 6.42 Å². The highest BCUT2D eigenvalue weighted by molar-refractivity contribution is 5.79. The zero-order valence-electron chi connectivity index (χ0n) is 11.3. The van der Waals surface area contributed by atoms with Gasteiger partial charge in [0.25, 0.3) is 0 Å². The van der Waals surface area contributed by atoms with Gasteiger partial charge in [-0.2, -0.15) is 0 Å². The number of imidazole rings is 2. The van der Waals surface area contributed by atoms with Gasteiger partial charge >= 0.3 is 0 Å². The maximum Gasteiger partial charge on any atom is 0.201 e. The Kier molecular flexibility index (Phi) is 3.54. The lowest BCUT2D eigenvalue weighted by molar-refractivity contribution is 0.415. The Labute approximate surface area is 116 Å². The number of nitrogens with zero attached hydrogens (tertiary/aromatic N) is 2. The SMILES string of the molecule is COc1ccc2nc(NCCCc3cnc[nH]3)[nH]c2c1. The molecule has 0 bridgehead atoms. The zero-order valence-corrected chi connectivity index (χ0v) is 11.3. The highest BCUT2D eigenvalue weighted by Gasteiger charge is 2.03. The molecule has 0 saturated heterocycles. The molecule has 104 valence electrons. The maximum atomic E-state index is 5.19. The fourth-order valence-electron chi connectivity index (χ4n) is 2.11. The van der Waals surface area contributed by atoms with E-state index in [4.69, 9.17) is 4.74 Å². The number of aromatic nitrogens is 4. The summed E-state index contributed by atoms with van der Waals surface area (Å²) in [6.45, 7) is 0.857. The normalized spacial score (nSPS) is 10.8. The Morgan fingerprint density at radius 2 is 2.30 bits per heavy atom. The van der Waals surface area contributed by atoms with E-state index in [1.807, 2.05) is 24.4 Å². The Balaban J connectivity index is 1.57. The van der Waals surface area contributed by atoms with Crippen LogP contribution in [0.15, 0.2) is 30.7 Å². The van der Waals surface area contributed by atoms with Gasteiger partial charge in [0.05, 0.1) is 24.5 Å². The molecular weight excluding hydrogens is 254 g/mol. The van der Waals surface area contributed by atoms with E-state index >= 15 is 0 Å². The van der Waals surface area contributed by atoms with Gasteiger partial charge < -0.3 is 20.0 Å². The van der Waals surface area contributed by atoms with Crippen LogP contribution >= 0.6 is 0 Å². The van der Waals surface area contributed by atoms with Crippen LogP contribution in [0.3, 0.4) is 0 Å². The number of rotatable bonds is 6. The first-order valence-corrected chi connectivity index (χ1v) is 6.60. The molecule has 0 amide bonds. The van der Waals surface area contributed by atoms with E-state index < -0.39 is 0 Å². The molecule has 0 saturated carbocycles. The molecule has 0 fully saturated rings. The summed E-state index contributed by atoms with van der Waals surface area (Å²) >= 11 is 0. The van der Waals surface area contributed by atoms with E-state index in [0.717, 1.165) is 47.8 Å². The molecule has 3 rings (SSSR count). The molecule has 3 N–H and O–H groups in total. The van der Waals surface area contributed by atoms with Gasteiger partial charge in [0.1, 0.15) is 5.75 Å². The zero-order chi connectivity index (χ0) is 13.8. The Bertz CT molecular complexity index is 674. The van der Waals surface area contributed by atoms with E-state index in [1.54, 1.807) is 13.4 Å². The highest BCUT2D eigenvalue weighted by Crippen LogP contribution is 2.20. The van der Waals surface area contributed by atoms with Crippen LogP contribution in [0.4, 0.5) is 5.95 Å². The monoisotopic (exact) mass is 271 g/mol. The summed E-state index contributed by atoms with van der Waals surface area (Å²) in [5.74, 6) is 1.62. The summed E-state index contributed by atoms with van der Waals surface area (Å²) in [5, 5.41) is 3.29. The molecule has 3 aromatic rings. The van der Waals surface area contributed by atoms with Crippen molar-refractivity contribution in [2.24, 2.45) is 0 Å². The number of anilines is 1. The van der Waals surface area contributed by atoms with E-state index in [-0.39, 0.29) is 0 Å². The molecule has 2 aromatic heterocycles. The molecule has 0 aliphatic carbocycles. The minimum Gasteiger partial charge on any atom is -0.497 e. The minimum atomic E-state index is 0.790. The summed E-state index contributed by atoms with van der Waals surface area (Å²) in [4.78, 5) is 14.8.